The smallest absolute Gasteiger partial charge is 0.137 e. The van der Waals surface area contributed by atoms with Gasteiger partial charge in [-0.3, -0.25) is 4.90 Å². The highest BCUT2D eigenvalue weighted by Gasteiger charge is 2.25. The molecule has 1 saturated heterocycles. The summed E-state index contributed by atoms with van der Waals surface area (Å²) in [6.45, 7) is 11.3. The van der Waals surface area contributed by atoms with Crippen molar-refractivity contribution in [1.29, 1.82) is 0 Å². The number of fused-ring (bicyclic) bond motifs is 1. The van der Waals surface area contributed by atoms with Crippen molar-refractivity contribution in [3.8, 4) is 0 Å². The molecule has 1 fully saturated rings. The van der Waals surface area contributed by atoms with Gasteiger partial charge < -0.3 is 9.72 Å². The van der Waals surface area contributed by atoms with Gasteiger partial charge in [0.2, 0.25) is 0 Å². The second-order valence-corrected chi connectivity index (χ2v) is 6.37. The first-order valence-electron chi connectivity index (χ1n) is 8.04. The summed E-state index contributed by atoms with van der Waals surface area (Å²) in [6.07, 6.45) is 3.22. The zero-order chi connectivity index (χ0) is 14.8. The molecule has 0 saturated carbocycles. The number of nitrogens with one attached hydrogen (secondary N) is 1. The maximum Gasteiger partial charge on any atom is 0.137 e. The minimum Gasteiger partial charge on any atom is -0.314 e. The molecule has 1 aliphatic heterocycles. The van der Waals surface area contributed by atoms with E-state index in [2.05, 4.69) is 59.8 Å². The number of piperazine rings is 1. The Bertz CT molecular complexity index is 596. The van der Waals surface area contributed by atoms with Crippen molar-refractivity contribution in [2.75, 3.05) is 26.2 Å². The minimum absolute atomic E-state index is 0.589. The van der Waals surface area contributed by atoms with E-state index < -0.39 is 0 Å². The molecule has 1 N–H and O–H groups in total. The molecule has 0 spiro atoms. The molecule has 4 nitrogen and oxygen atoms in total. The van der Waals surface area contributed by atoms with Crippen LogP contribution in [0, 0.1) is 12.8 Å². The van der Waals surface area contributed by atoms with E-state index in [1.54, 1.807) is 0 Å². The van der Waals surface area contributed by atoms with Gasteiger partial charge in [-0.1, -0.05) is 19.9 Å². The van der Waals surface area contributed by atoms with Crippen LogP contribution < -0.4 is 5.32 Å². The third kappa shape index (κ3) is 2.97. The Morgan fingerprint density at radius 3 is 2.71 bits per heavy atom. The lowest BCUT2D eigenvalue weighted by molar-refractivity contribution is 0.135. The van der Waals surface area contributed by atoms with Crippen LogP contribution in [0.15, 0.2) is 24.4 Å². The van der Waals surface area contributed by atoms with Crippen molar-refractivity contribution in [1.82, 2.24) is 19.6 Å². The molecule has 1 aliphatic rings. The van der Waals surface area contributed by atoms with Gasteiger partial charge in [-0.05, 0) is 25.0 Å². The van der Waals surface area contributed by atoms with Gasteiger partial charge in [0.15, 0.2) is 0 Å². The summed E-state index contributed by atoms with van der Waals surface area (Å²) in [7, 11) is 0. The lowest BCUT2D eigenvalue weighted by atomic mass is 9.96. The molecule has 0 aromatic carbocycles. The molecule has 1 atom stereocenters. The molecule has 0 amide bonds. The quantitative estimate of drug-likeness (QED) is 0.934. The molecule has 3 heterocycles. The van der Waals surface area contributed by atoms with E-state index in [0.717, 1.165) is 38.2 Å². The van der Waals surface area contributed by atoms with Crippen LogP contribution in [0.1, 0.15) is 25.2 Å². The van der Waals surface area contributed by atoms with Gasteiger partial charge in [0.25, 0.3) is 0 Å². The molecule has 0 aliphatic carbocycles. The van der Waals surface area contributed by atoms with Crippen molar-refractivity contribution in [2.24, 2.45) is 5.92 Å². The van der Waals surface area contributed by atoms with E-state index in [1.165, 1.54) is 11.4 Å². The SMILES string of the molecule is Cc1nc2ccccn2c1CC(C(C)C)N1CCNCC1. The predicted molar refractivity (Wildman–Crippen MR) is 86.7 cm³/mol. The van der Waals surface area contributed by atoms with Crippen LogP contribution in [0.25, 0.3) is 5.65 Å². The first-order valence-corrected chi connectivity index (χ1v) is 8.04. The van der Waals surface area contributed by atoms with Crippen LogP contribution in [0.4, 0.5) is 0 Å². The molecule has 4 heteroatoms. The highest BCUT2D eigenvalue weighted by atomic mass is 15.2. The number of hydrogen-bond donors (Lipinski definition) is 1. The molecule has 2 aromatic heterocycles. The van der Waals surface area contributed by atoms with Gasteiger partial charge in [-0.2, -0.15) is 0 Å². The maximum atomic E-state index is 4.70. The molecular formula is C17H26N4. The summed E-state index contributed by atoms with van der Waals surface area (Å²) in [4.78, 5) is 7.34. The Labute approximate surface area is 127 Å². The average Bonchev–Trinajstić information content (AvgIpc) is 2.81. The van der Waals surface area contributed by atoms with Crippen molar-refractivity contribution in [3.05, 3.63) is 35.8 Å². The van der Waals surface area contributed by atoms with Gasteiger partial charge in [0.05, 0.1) is 5.69 Å². The summed E-state index contributed by atoms with van der Waals surface area (Å²) in [5, 5.41) is 3.45. The van der Waals surface area contributed by atoms with Crippen LogP contribution in [-0.4, -0.2) is 46.5 Å². The van der Waals surface area contributed by atoms with Gasteiger partial charge in [0.1, 0.15) is 5.65 Å². The first-order chi connectivity index (χ1) is 10.2. The lowest BCUT2D eigenvalue weighted by Crippen LogP contribution is -2.51. The number of imidazole rings is 1. The Morgan fingerprint density at radius 2 is 2.00 bits per heavy atom. The van der Waals surface area contributed by atoms with E-state index in [-0.39, 0.29) is 0 Å². The monoisotopic (exact) mass is 286 g/mol. The van der Waals surface area contributed by atoms with E-state index in [4.69, 9.17) is 4.98 Å². The van der Waals surface area contributed by atoms with Gasteiger partial charge >= 0.3 is 0 Å². The average molecular weight is 286 g/mol. The van der Waals surface area contributed by atoms with E-state index in [0.29, 0.717) is 12.0 Å². The maximum absolute atomic E-state index is 4.70. The fourth-order valence-corrected chi connectivity index (χ4v) is 3.41. The van der Waals surface area contributed by atoms with E-state index in [1.807, 2.05) is 0 Å². The van der Waals surface area contributed by atoms with E-state index >= 15 is 0 Å². The molecule has 3 rings (SSSR count). The normalized spacial score (nSPS) is 18.5. The van der Waals surface area contributed by atoms with Gasteiger partial charge in [-0.25, -0.2) is 4.98 Å². The Kier molecular flexibility index (Phi) is 4.27. The number of aryl methyl sites for hydroxylation is 1. The zero-order valence-corrected chi connectivity index (χ0v) is 13.3. The molecule has 0 radical (unpaired) electrons. The largest absolute Gasteiger partial charge is 0.314 e. The molecule has 1 unspecified atom stereocenters. The predicted octanol–water partition coefficient (Wildman–Crippen LogP) is 2.12. The molecule has 114 valence electrons. The summed E-state index contributed by atoms with van der Waals surface area (Å²) < 4.78 is 2.26. The number of pyridine rings is 1. The fourth-order valence-electron chi connectivity index (χ4n) is 3.41. The Hall–Kier alpha value is -1.39. The third-order valence-electron chi connectivity index (χ3n) is 4.62. The summed E-state index contributed by atoms with van der Waals surface area (Å²) in [5.41, 5.74) is 3.60. The lowest BCUT2D eigenvalue weighted by Gasteiger charge is -2.37. The van der Waals surface area contributed by atoms with Crippen LogP contribution in [-0.2, 0) is 6.42 Å². The Balaban J connectivity index is 1.88. The second-order valence-electron chi connectivity index (χ2n) is 6.37. The summed E-state index contributed by atoms with van der Waals surface area (Å²) >= 11 is 0. The second kappa shape index (κ2) is 6.16. The highest BCUT2D eigenvalue weighted by molar-refractivity contribution is 5.43. The Morgan fingerprint density at radius 1 is 1.24 bits per heavy atom. The summed E-state index contributed by atoms with van der Waals surface area (Å²) in [5.74, 6) is 0.650. The van der Waals surface area contributed by atoms with Gasteiger partial charge in [0, 0.05) is 50.5 Å². The van der Waals surface area contributed by atoms with Crippen molar-refractivity contribution in [2.45, 2.75) is 33.2 Å². The minimum atomic E-state index is 0.589. The first kappa shape index (κ1) is 14.5. The van der Waals surface area contributed by atoms with Crippen LogP contribution in [0.3, 0.4) is 0 Å². The highest BCUT2D eigenvalue weighted by Crippen LogP contribution is 2.20. The number of nitrogens with zero attached hydrogens (tertiary/aromatic N) is 3. The fraction of sp³-hybridized carbons (Fsp3) is 0.588. The molecule has 2 aromatic rings. The van der Waals surface area contributed by atoms with Crippen molar-refractivity contribution < 1.29 is 0 Å². The molecular weight excluding hydrogens is 260 g/mol. The van der Waals surface area contributed by atoms with E-state index in [9.17, 15) is 0 Å². The molecule has 0 bridgehead atoms. The van der Waals surface area contributed by atoms with Gasteiger partial charge in [-0.15, -0.1) is 0 Å². The number of aromatic nitrogens is 2. The topological polar surface area (TPSA) is 32.6 Å². The van der Waals surface area contributed by atoms with Crippen molar-refractivity contribution in [3.63, 3.8) is 0 Å². The van der Waals surface area contributed by atoms with Crippen LogP contribution in [0.2, 0.25) is 0 Å². The van der Waals surface area contributed by atoms with Crippen LogP contribution in [0.5, 0.6) is 0 Å². The van der Waals surface area contributed by atoms with Crippen LogP contribution >= 0.6 is 0 Å². The molecule has 21 heavy (non-hydrogen) atoms. The standard InChI is InChI=1S/C17H26N4/c1-13(2)15(20-10-7-18-8-11-20)12-16-14(3)19-17-6-4-5-9-21(16)17/h4-6,9,13,15,18H,7-8,10-12H2,1-3H3. The van der Waals surface area contributed by atoms with Crippen molar-refractivity contribution >= 4 is 5.65 Å². The third-order valence-corrected chi connectivity index (χ3v) is 4.62. The number of hydrogen-bond acceptors (Lipinski definition) is 3. The number of rotatable bonds is 4. The zero-order valence-electron chi connectivity index (χ0n) is 13.3. The summed E-state index contributed by atoms with van der Waals surface area (Å²) in [6, 6.07) is 6.83.